The molecule has 6 nitrogen and oxygen atoms in total. The first-order valence-corrected chi connectivity index (χ1v) is 6.51. The SMILES string of the molecule is CC[C@H](C)[C@H](Nc1nc2ccccc2c(=O)[nH]1)C(=O)O. The van der Waals surface area contributed by atoms with Gasteiger partial charge in [0.1, 0.15) is 6.04 Å². The molecule has 1 heterocycles. The first kappa shape index (κ1) is 14.0. The van der Waals surface area contributed by atoms with Gasteiger partial charge in [0.2, 0.25) is 5.95 Å². The van der Waals surface area contributed by atoms with Gasteiger partial charge in [-0.1, -0.05) is 32.4 Å². The third-order valence-corrected chi connectivity index (χ3v) is 3.38. The van der Waals surface area contributed by atoms with Gasteiger partial charge >= 0.3 is 5.97 Å². The van der Waals surface area contributed by atoms with Crippen molar-refractivity contribution in [2.45, 2.75) is 26.3 Å². The van der Waals surface area contributed by atoms with Crippen molar-refractivity contribution in [2.75, 3.05) is 5.32 Å². The number of fused-ring (bicyclic) bond motifs is 1. The number of aromatic nitrogens is 2. The summed E-state index contributed by atoms with van der Waals surface area (Å²) >= 11 is 0. The number of carboxylic acid groups (broad SMARTS) is 1. The second kappa shape index (κ2) is 5.73. The predicted molar refractivity (Wildman–Crippen MR) is 76.9 cm³/mol. The monoisotopic (exact) mass is 275 g/mol. The largest absolute Gasteiger partial charge is 0.480 e. The number of carboxylic acids is 1. The maximum atomic E-state index is 11.9. The van der Waals surface area contributed by atoms with Crippen LogP contribution in [0.4, 0.5) is 5.95 Å². The molecule has 0 aliphatic heterocycles. The number of hydrogen-bond donors (Lipinski definition) is 3. The van der Waals surface area contributed by atoms with Crippen LogP contribution in [-0.2, 0) is 4.79 Å². The summed E-state index contributed by atoms with van der Waals surface area (Å²) in [6, 6.07) is 6.14. The minimum atomic E-state index is -0.963. The van der Waals surface area contributed by atoms with Crippen LogP contribution in [-0.4, -0.2) is 27.1 Å². The number of nitrogens with one attached hydrogen (secondary N) is 2. The number of carbonyl (C=O) groups is 1. The molecule has 2 aromatic rings. The summed E-state index contributed by atoms with van der Waals surface area (Å²) in [5.41, 5.74) is 0.249. The lowest BCUT2D eigenvalue weighted by Crippen LogP contribution is -2.36. The van der Waals surface area contributed by atoms with Crippen LogP contribution in [0.25, 0.3) is 10.9 Å². The summed E-state index contributed by atoms with van der Waals surface area (Å²) in [5.74, 6) is -0.860. The topological polar surface area (TPSA) is 95.1 Å². The zero-order valence-electron chi connectivity index (χ0n) is 11.4. The van der Waals surface area contributed by atoms with E-state index in [1.807, 2.05) is 13.8 Å². The van der Waals surface area contributed by atoms with Crippen LogP contribution in [0.2, 0.25) is 0 Å². The highest BCUT2D eigenvalue weighted by molar-refractivity contribution is 5.80. The Hall–Kier alpha value is -2.37. The highest BCUT2D eigenvalue weighted by atomic mass is 16.4. The molecule has 6 heteroatoms. The molecular formula is C14H17N3O3. The van der Waals surface area contributed by atoms with Crippen molar-refractivity contribution in [1.82, 2.24) is 9.97 Å². The highest BCUT2D eigenvalue weighted by Crippen LogP contribution is 2.14. The molecule has 2 atom stereocenters. The van der Waals surface area contributed by atoms with Gasteiger partial charge in [-0.05, 0) is 18.1 Å². The van der Waals surface area contributed by atoms with Crippen LogP contribution in [0.15, 0.2) is 29.1 Å². The maximum absolute atomic E-state index is 11.9. The fourth-order valence-corrected chi connectivity index (χ4v) is 1.99. The normalized spacial score (nSPS) is 13.9. The Balaban J connectivity index is 2.38. The molecule has 0 aliphatic carbocycles. The fourth-order valence-electron chi connectivity index (χ4n) is 1.99. The molecule has 0 unspecified atom stereocenters. The molecule has 2 rings (SSSR count). The molecule has 0 amide bonds. The zero-order chi connectivity index (χ0) is 14.7. The Morgan fingerprint density at radius 2 is 2.15 bits per heavy atom. The van der Waals surface area contributed by atoms with E-state index in [9.17, 15) is 14.7 Å². The second-order valence-corrected chi connectivity index (χ2v) is 4.78. The Kier molecular flexibility index (Phi) is 4.02. The van der Waals surface area contributed by atoms with Gasteiger partial charge in [-0.15, -0.1) is 0 Å². The number of aromatic amines is 1. The number of nitrogens with zero attached hydrogens (tertiary/aromatic N) is 1. The number of aliphatic carboxylic acids is 1. The number of benzene rings is 1. The lowest BCUT2D eigenvalue weighted by molar-refractivity contribution is -0.139. The van der Waals surface area contributed by atoms with Crippen molar-refractivity contribution in [2.24, 2.45) is 5.92 Å². The minimum absolute atomic E-state index is 0.0794. The van der Waals surface area contributed by atoms with Gasteiger partial charge in [-0.3, -0.25) is 9.78 Å². The molecular weight excluding hydrogens is 258 g/mol. The summed E-state index contributed by atoms with van der Waals surface area (Å²) in [7, 11) is 0. The Labute approximate surface area is 115 Å². The van der Waals surface area contributed by atoms with Gasteiger partial charge < -0.3 is 10.4 Å². The number of para-hydroxylation sites is 1. The Morgan fingerprint density at radius 1 is 1.45 bits per heavy atom. The van der Waals surface area contributed by atoms with E-state index >= 15 is 0 Å². The summed E-state index contributed by atoms with van der Waals surface area (Å²) < 4.78 is 0. The molecule has 106 valence electrons. The van der Waals surface area contributed by atoms with Crippen LogP contribution >= 0.6 is 0 Å². The number of anilines is 1. The van der Waals surface area contributed by atoms with Crippen molar-refractivity contribution >= 4 is 22.8 Å². The first-order chi connectivity index (χ1) is 9.52. The molecule has 20 heavy (non-hydrogen) atoms. The minimum Gasteiger partial charge on any atom is -0.480 e. The van der Waals surface area contributed by atoms with Gasteiger partial charge in [0, 0.05) is 0 Å². The summed E-state index contributed by atoms with van der Waals surface area (Å²) in [4.78, 5) is 30.0. The van der Waals surface area contributed by atoms with Crippen molar-refractivity contribution in [1.29, 1.82) is 0 Å². The van der Waals surface area contributed by atoms with Crippen molar-refractivity contribution < 1.29 is 9.90 Å². The van der Waals surface area contributed by atoms with Crippen molar-refractivity contribution in [3.05, 3.63) is 34.6 Å². The van der Waals surface area contributed by atoms with Crippen LogP contribution in [0.5, 0.6) is 0 Å². The second-order valence-electron chi connectivity index (χ2n) is 4.78. The molecule has 0 radical (unpaired) electrons. The molecule has 0 saturated heterocycles. The quantitative estimate of drug-likeness (QED) is 0.773. The van der Waals surface area contributed by atoms with Crippen LogP contribution < -0.4 is 10.9 Å². The van der Waals surface area contributed by atoms with Crippen LogP contribution in [0.3, 0.4) is 0 Å². The predicted octanol–water partition coefficient (Wildman–Crippen LogP) is 1.83. The van der Waals surface area contributed by atoms with Gasteiger partial charge in [0.15, 0.2) is 0 Å². The van der Waals surface area contributed by atoms with Gasteiger partial charge in [-0.2, -0.15) is 0 Å². The van der Waals surface area contributed by atoms with Crippen molar-refractivity contribution in [3.8, 4) is 0 Å². The fraction of sp³-hybridized carbons (Fsp3) is 0.357. The average Bonchev–Trinajstić information content (AvgIpc) is 2.43. The first-order valence-electron chi connectivity index (χ1n) is 6.51. The van der Waals surface area contributed by atoms with E-state index in [0.717, 1.165) is 0 Å². The molecule has 0 bridgehead atoms. The van der Waals surface area contributed by atoms with E-state index in [2.05, 4.69) is 15.3 Å². The maximum Gasteiger partial charge on any atom is 0.326 e. The lowest BCUT2D eigenvalue weighted by atomic mass is 9.99. The summed E-state index contributed by atoms with van der Waals surface area (Å²) in [6.45, 7) is 3.75. The molecule has 3 N–H and O–H groups in total. The summed E-state index contributed by atoms with van der Waals surface area (Å²) in [5, 5.41) is 12.5. The molecule has 0 aliphatic rings. The van der Waals surface area contributed by atoms with E-state index < -0.39 is 12.0 Å². The Morgan fingerprint density at radius 3 is 2.80 bits per heavy atom. The third-order valence-electron chi connectivity index (χ3n) is 3.38. The molecule has 0 saturated carbocycles. The standard InChI is InChI=1S/C14H17N3O3/c1-3-8(2)11(13(19)20)16-14-15-10-7-5-4-6-9(10)12(18)17-14/h4-8,11H,3H2,1-2H3,(H,19,20)(H2,15,16,17,18)/t8-,11-/m0/s1. The number of H-pyrrole nitrogens is 1. The van der Waals surface area contributed by atoms with E-state index in [1.165, 1.54) is 0 Å². The summed E-state index contributed by atoms with van der Waals surface area (Å²) in [6.07, 6.45) is 0.710. The molecule has 1 aromatic carbocycles. The molecule has 1 aromatic heterocycles. The lowest BCUT2D eigenvalue weighted by Gasteiger charge is -2.20. The van der Waals surface area contributed by atoms with Gasteiger partial charge in [0.25, 0.3) is 5.56 Å². The van der Waals surface area contributed by atoms with E-state index in [0.29, 0.717) is 17.3 Å². The number of hydrogen-bond acceptors (Lipinski definition) is 4. The van der Waals surface area contributed by atoms with Gasteiger partial charge in [-0.25, -0.2) is 9.78 Å². The smallest absolute Gasteiger partial charge is 0.326 e. The van der Waals surface area contributed by atoms with E-state index in [-0.39, 0.29) is 17.4 Å². The van der Waals surface area contributed by atoms with Crippen LogP contribution in [0, 0.1) is 5.92 Å². The van der Waals surface area contributed by atoms with Crippen LogP contribution in [0.1, 0.15) is 20.3 Å². The number of rotatable bonds is 5. The van der Waals surface area contributed by atoms with E-state index in [4.69, 9.17) is 0 Å². The van der Waals surface area contributed by atoms with Crippen molar-refractivity contribution in [3.63, 3.8) is 0 Å². The van der Waals surface area contributed by atoms with E-state index in [1.54, 1.807) is 24.3 Å². The van der Waals surface area contributed by atoms with Gasteiger partial charge in [0.05, 0.1) is 10.9 Å². The molecule has 0 fully saturated rings. The average molecular weight is 275 g/mol. The third kappa shape index (κ3) is 2.79. The zero-order valence-corrected chi connectivity index (χ0v) is 11.4. The molecule has 0 spiro atoms. The highest BCUT2D eigenvalue weighted by Gasteiger charge is 2.24. The Bertz CT molecular complexity index is 681.